The van der Waals surface area contributed by atoms with Crippen LogP contribution in [0.1, 0.15) is 11.1 Å². The van der Waals surface area contributed by atoms with Crippen LogP contribution in [0.15, 0.2) is 36.4 Å². The average Bonchev–Trinajstić information content (AvgIpc) is 2.60. The number of fused-ring (bicyclic) bond motifs is 1. The normalized spacial score (nSPS) is 13.0. The Labute approximate surface area is 144 Å². The van der Waals surface area contributed by atoms with E-state index < -0.39 is 4.92 Å². The van der Waals surface area contributed by atoms with E-state index >= 15 is 0 Å². The molecular formula is C18H18N2O5. The molecule has 0 radical (unpaired) electrons. The van der Waals surface area contributed by atoms with Crippen LogP contribution in [0.3, 0.4) is 0 Å². The van der Waals surface area contributed by atoms with Crippen LogP contribution in [-0.2, 0) is 4.79 Å². The molecule has 0 bridgehead atoms. The second-order valence-electron chi connectivity index (χ2n) is 5.81. The second kappa shape index (κ2) is 6.80. The van der Waals surface area contributed by atoms with Crippen molar-refractivity contribution in [3.63, 3.8) is 0 Å². The average molecular weight is 342 g/mol. The van der Waals surface area contributed by atoms with Crippen molar-refractivity contribution in [1.29, 1.82) is 0 Å². The number of benzene rings is 2. The fourth-order valence-electron chi connectivity index (χ4n) is 2.82. The smallest absolute Gasteiger partial charge is 0.271 e. The molecule has 2 aromatic rings. The summed E-state index contributed by atoms with van der Waals surface area (Å²) < 4.78 is 11.2. The molecule has 1 amide bonds. The van der Waals surface area contributed by atoms with Crippen molar-refractivity contribution in [3.8, 4) is 11.5 Å². The molecule has 7 heteroatoms. The fraction of sp³-hybridized carbons (Fsp3) is 0.278. The van der Waals surface area contributed by atoms with Crippen molar-refractivity contribution in [2.75, 3.05) is 24.7 Å². The predicted octanol–water partition coefficient (Wildman–Crippen LogP) is 3.02. The van der Waals surface area contributed by atoms with E-state index in [4.69, 9.17) is 9.47 Å². The number of nitro groups is 1. The van der Waals surface area contributed by atoms with Gasteiger partial charge >= 0.3 is 0 Å². The molecule has 3 rings (SSSR count). The van der Waals surface area contributed by atoms with E-state index in [1.165, 1.54) is 23.1 Å². The quantitative estimate of drug-likeness (QED) is 0.630. The highest BCUT2D eigenvalue weighted by molar-refractivity contribution is 5.96. The molecule has 2 aromatic carbocycles. The highest BCUT2D eigenvalue weighted by Crippen LogP contribution is 2.35. The minimum absolute atomic E-state index is 0.0854. The van der Waals surface area contributed by atoms with Gasteiger partial charge in [-0.05, 0) is 31.0 Å². The molecule has 0 aromatic heterocycles. The molecule has 0 unspecified atom stereocenters. The standard InChI is InChI=1S/C18H18N2O5/c1-12-4-3-5-13(2)18(12)25-11-17(21)19-8-9-24-16-7-6-14(20(22)23)10-15(16)19/h3-7,10H,8-9,11H2,1-2H3. The number of aryl methyl sites for hydroxylation is 2. The van der Waals surface area contributed by atoms with Crippen LogP contribution in [0, 0.1) is 24.0 Å². The zero-order valence-electron chi connectivity index (χ0n) is 14.0. The zero-order chi connectivity index (χ0) is 18.0. The van der Waals surface area contributed by atoms with Crippen LogP contribution < -0.4 is 14.4 Å². The largest absolute Gasteiger partial charge is 0.490 e. The Morgan fingerprint density at radius 3 is 2.68 bits per heavy atom. The Bertz CT molecular complexity index is 814. The molecule has 0 aliphatic carbocycles. The molecule has 0 spiro atoms. The lowest BCUT2D eigenvalue weighted by atomic mass is 10.1. The lowest BCUT2D eigenvalue weighted by Crippen LogP contribution is -2.40. The lowest BCUT2D eigenvalue weighted by molar-refractivity contribution is -0.384. The zero-order valence-corrected chi connectivity index (χ0v) is 14.0. The first-order chi connectivity index (χ1) is 12.0. The third kappa shape index (κ3) is 3.40. The van der Waals surface area contributed by atoms with E-state index in [1.54, 1.807) is 0 Å². The van der Waals surface area contributed by atoms with Crippen LogP contribution in [0.5, 0.6) is 11.5 Å². The van der Waals surface area contributed by atoms with Gasteiger partial charge in [-0.3, -0.25) is 14.9 Å². The number of non-ortho nitro benzene ring substituents is 1. The minimum atomic E-state index is -0.495. The van der Waals surface area contributed by atoms with Gasteiger partial charge in [-0.2, -0.15) is 0 Å². The van der Waals surface area contributed by atoms with Gasteiger partial charge < -0.3 is 14.4 Å². The number of para-hydroxylation sites is 1. The number of carbonyl (C=O) groups is 1. The molecule has 25 heavy (non-hydrogen) atoms. The van der Waals surface area contributed by atoms with E-state index in [2.05, 4.69) is 0 Å². The molecule has 0 saturated carbocycles. The van der Waals surface area contributed by atoms with Crippen LogP contribution in [0.4, 0.5) is 11.4 Å². The summed E-state index contributed by atoms with van der Waals surface area (Å²) >= 11 is 0. The first kappa shape index (κ1) is 16.8. The Balaban J connectivity index is 1.80. The van der Waals surface area contributed by atoms with Crippen LogP contribution in [-0.4, -0.2) is 30.6 Å². The molecule has 130 valence electrons. The summed E-state index contributed by atoms with van der Waals surface area (Å²) in [5.41, 5.74) is 2.21. The van der Waals surface area contributed by atoms with Crippen molar-refractivity contribution in [2.24, 2.45) is 0 Å². The first-order valence-electron chi connectivity index (χ1n) is 7.88. The maximum absolute atomic E-state index is 12.6. The number of rotatable bonds is 4. The lowest BCUT2D eigenvalue weighted by Gasteiger charge is -2.29. The Hall–Kier alpha value is -3.09. The number of anilines is 1. The van der Waals surface area contributed by atoms with E-state index in [0.717, 1.165) is 11.1 Å². The summed E-state index contributed by atoms with van der Waals surface area (Å²) in [5.74, 6) is 0.869. The minimum Gasteiger partial charge on any atom is -0.490 e. The summed E-state index contributed by atoms with van der Waals surface area (Å²) in [6, 6.07) is 9.99. The summed E-state index contributed by atoms with van der Waals surface area (Å²) in [6.07, 6.45) is 0. The van der Waals surface area contributed by atoms with Gasteiger partial charge in [0, 0.05) is 12.1 Å². The van der Waals surface area contributed by atoms with Crippen LogP contribution >= 0.6 is 0 Å². The summed E-state index contributed by atoms with van der Waals surface area (Å²) in [5, 5.41) is 11.0. The van der Waals surface area contributed by atoms with Crippen molar-refractivity contribution >= 4 is 17.3 Å². The van der Waals surface area contributed by atoms with Crippen molar-refractivity contribution in [1.82, 2.24) is 0 Å². The predicted molar refractivity (Wildman–Crippen MR) is 92.4 cm³/mol. The van der Waals surface area contributed by atoms with Gasteiger partial charge in [-0.25, -0.2) is 0 Å². The highest BCUT2D eigenvalue weighted by atomic mass is 16.6. The van der Waals surface area contributed by atoms with Gasteiger partial charge in [0.05, 0.1) is 17.2 Å². The van der Waals surface area contributed by atoms with Crippen LogP contribution in [0.2, 0.25) is 0 Å². The highest BCUT2D eigenvalue weighted by Gasteiger charge is 2.26. The molecule has 0 N–H and O–H groups in total. The summed E-state index contributed by atoms with van der Waals surface area (Å²) in [4.78, 5) is 24.6. The Morgan fingerprint density at radius 2 is 2.00 bits per heavy atom. The molecule has 0 saturated heterocycles. The fourth-order valence-corrected chi connectivity index (χ4v) is 2.82. The number of hydrogen-bond acceptors (Lipinski definition) is 5. The van der Waals surface area contributed by atoms with Gasteiger partial charge in [-0.1, -0.05) is 18.2 Å². The third-order valence-corrected chi connectivity index (χ3v) is 4.07. The third-order valence-electron chi connectivity index (χ3n) is 4.07. The molecule has 1 aliphatic rings. The Kier molecular flexibility index (Phi) is 4.56. The number of ether oxygens (including phenoxy) is 2. The molecular weight excluding hydrogens is 324 g/mol. The van der Waals surface area contributed by atoms with Gasteiger partial charge in [0.2, 0.25) is 0 Å². The van der Waals surface area contributed by atoms with Crippen LogP contribution in [0.25, 0.3) is 0 Å². The number of amides is 1. The van der Waals surface area contributed by atoms with Crippen molar-refractivity contribution in [2.45, 2.75) is 13.8 Å². The number of carbonyl (C=O) groups excluding carboxylic acids is 1. The monoisotopic (exact) mass is 342 g/mol. The number of nitro benzene ring substituents is 1. The van der Waals surface area contributed by atoms with Gasteiger partial charge in [-0.15, -0.1) is 0 Å². The maximum Gasteiger partial charge on any atom is 0.271 e. The number of hydrogen-bond donors (Lipinski definition) is 0. The first-order valence-corrected chi connectivity index (χ1v) is 7.88. The molecule has 0 fully saturated rings. The van der Waals surface area contributed by atoms with Gasteiger partial charge in [0.1, 0.15) is 18.1 Å². The molecule has 0 atom stereocenters. The molecule has 1 heterocycles. The SMILES string of the molecule is Cc1cccc(C)c1OCC(=O)N1CCOc2ccc([N+](=O)[O-])cc21. The van der Waals surface area contributed by atoms with Crippen molar-refractivity contribution in [3.05, 3.63) is 57.6 Å². The Morgan fingerprint density at radius 1 is 1.28 bits per heavy atom. The van der Waals surface area contributed by atoms with Gasteiger partial charge in [0.25, 0.3) is 11.6 Å². The van der Waals surface area contributed by atoms with Gasteiger partial charge in [0.15, 0.2) is 6.61 Å². The molecule has 7 nitrogen and oxygen atoms in total. The summed E-state index contributed by atoms with van der Waals surface area (Å²) in [6.45, 7) is 4.34. The maximum atomic E-state index is 12.6. The second-order valence-corrected chi connectivity index (χ2v) is 5.81. The van der Waals surface area contributed by atoms with Crippen molar-refractivity contribution < 1.29 is 19.2 Å². The number of nitrogens with zero attached hydrogens (tertiary/aromatic N) is 2. The molecule has 1 aliphatic heterocycles. The van der Waals surface area contributed by atoms with E-state index in [-0.39, 0.29) is 18.2 Å². The van der Waals surface area contributed by atoms with E-state index in [1.807, 2.05) is 32.0 Å². The van der Waals surface area contributed by atoms with E-state index in [9.17, 15) is 14.9 Å². The summed E-state index contributed by atoms with van der Waals surface area (Å²) in [7, 11) is 0. The van der Waals surface area contributed by atoms with E-state index in [0.29, 0.717) is 30.3 Å². The topological polar surface area (TPSA) is 81.9 Å².